The summed E-state index contributed by atoms with van der Waals surface area (Å²) in [4.78, 5) is 0. The van der Waals surface area contributed by atoms with Crippen LogP contribution in [0.4, 0.5) is 0 Å². The van der Waals surface area contributed by atoms with Crippen molar-refractivity contribution in [3.8, 4) is 5.75 Å². The van der Waals surface area contributed by atoms with Crippen LogP contribution in [0.15, 0.2) is 18.2 Å². The summed E-state index contributed by atoms with van der Waals surface area (Å²) in [5, 5.41) is 0. The number of hydrogen-bond acceptors (Lipinski definition) is 1. The molecule has 0 amide bonds. The van der Waals surface area contributed by atoms with Gasteiger partial charge in [0.05, 0.1) is 0 Å². The van der Waals surface area contributed by atoms with Gasteiger partial charge in [-0.25, -0.2) is 0 Å². The minimum atomic E-state index is 0.334. The van der Waals surface area contributed by atoms with E-state index >= 15 is 0 Å². The number of alkyl halides is 1. The van der Waals surface area contributed by atoms with Gasteiger partial charge in [0.15, 0.2) is 0 Å². The standard InChI is InChI=1S/C14H19ClO/c1-3-11(9-15)7-13-8-12-6-10(2)4-5-14(12)16-13/h4-6,11,13H,3,7-9H2,1-2H3. The van der Waals surface area contributed by atoms with E-state index in [4.69, 9.17) is 16.3 Å². The van der Waals surface area contributed by atoms with Crippen molar-refractivity contribution in [2.45, 2.75) is 39.2 Å². The average Bonchev–Trinajstić information content (AvgIpc) is 2.67. The van der Waals surface area contributed by atoms with Crippen molar-refractivity contribution < 1.29 is 4.74 Å². The molecule has 1 aliphatic heterocycles. The first-order valence-electron chi connectivity index (χ1n) is 6.05. The monoisotopic (exact) mass is 238 g/mol. The summed E-state index contributed by atoms with van der Waals surface area (Å²) in [5.74, 6) is 2.40. The van der Waals surface area contributed by atoms with Crippen LogP contribution >= 0.6 is 11.6 Å². The van der Waals surface area contributed by atoms with E-state index in [0.29, 0.717) is 12.0 Å². The van der Waals surface area contributed by atoms with Gasteiger partial charge in [-0.15, -0.1) is 11.6 Å². The minimum Gasteiger partial charge on any atom is -0.490 e. The number of hydrogen-bond donors (Lipinski definition) is 0. The van der Waals surface area contributed by atoms with Crippen LogP contribution in [-0.4, -0.2) is 12.0 Å². The van der Waals surface area contributed by atoms with Crippen molar-refractivity contribution in [2.24, 2.45) is 5.92 Å². The van der Waals surface area contributed by atoms with Gasteiger partial charge in [0.25, 0.3) is 0 Å². The van der Waals surface area contributed by atoms with E-state index in [0.717, 1.165) is 30.9 Å². The zero-order chi connectivity index (χ0) is 11.5. The normalized spacial score (nSPS) is 20.3. The Morgan fingerprint density at radius 1 is 1.50 bits per heavy atom. The molecule has 1 aromatic rings. The Morgan fingerprint density at radius 2 is 2.31 bits per heavy atom. The topological polar surface area (TPSA) is 9.23 Å². The molecule has 16 heavy (non-hydrogen) atoms. The molecule has 0 radical (unpaired) electrons. The SMILES string of the molecule is CCC(CCl)CC1Cc2cc(C)ccc2O1. The Bertz CT molecular complexity index is 358. The maximum Gasteiger partial charge on any atom is 0.123 e. The molecule has 0 bridgehead atoms. The Labute approximate surface area is 103 Å². The highest BCUT2D eigenvalue weighted by atomic mass is 35.5. The van der Waals surface area contributed by atoms with Gasteiger partial charge in [-0.05, 0) is 30.9 Å². The molecule has 0 N–H and O–H groups in total. The van der Waals surface area contributed by atoms with Gasteiger partial charge >= 0.3 is 0 Å². The third-order valence-electron chi connectivity index (χ3n) is 3.35. The van der Waals surface area contributed by atoms with Crippen LogP contribution < -0.4 is 4.74 Å². The number of ether oxygens (including phenoxy) is 1. The fraction of sp³-hybridized carbons (Fsp3) is 0.571. The maximum atomic E-state index is 5.94. The fourth-order valence-corrected chi connectivity index (χ4v) is 2.64. The minimum absolute atomic E-state index is 0.334. The largest absolute Gasteiger partial charge is 0.490 e. The van der Waals surface area contributed by atoms with Gasteiger partial charge in [0.1, 0.15) is 11.9 Å². The van der Waals surface area contributed by atoms with Gasteiger partial charge in [0.2, 0.25) is 0 Å². The van der Waals surface area contributed by atoms with Crippen molar-refractivity contribution in [3.63, 3.8) is 0 Å². The van der Waals surface area contributed by atoms with E-state index in [1.807, 2.05) is 0 Å². The van der Waals surface area contributed by atoms with Crippen molar-refractivity contribution in [2.75, 3.05) is 5.88 Å². The van der Waals surface area contributed by atoms with E-state index < -0.39 is 0 Å². The lowest BCUT2D eigenvalue weighted by molar-refractivity contribution is 0.197. The maximum absolute atomic E-state index is 5.94. The van der Waals surface area contributed by atoms with Crippen molar-refractivity contribution in [1.29, 1.82) is 0 Å². The summed E-state index contributed by atoms with van der Waals surface area (Å²) >= 11 is 5.93. The molecule has 1 aliphatic rings. The summed E-state index contributed by atoms with van der Waals surface area (Å²) < 4.78 is 5.94. The van der Waals surface area contributed by atoms with Crippen molar-refractivity contribution >= 4 is 11.6 Å². The zero-order valence-corrected chi connectivity index (χ0v) is 10.8. The lowest BCUT2D eigenvalue weighted by atomic mass is 9.97. The van der Waals surface area contributed by atoms with E-state index in [9.17, 15) is 0 Å². The van der Waals surface area contributed by atoms with Crippen LogP contribution in [-0.2, 0) is 6.42 Å². The molecule has 0 fully saturated rings. The quantitative estimate of drug-likeness (QED) is 0.722. The molecule has 2 heteroatoms. The lowest BCUT2D eigenvalue weighted by Crippen LogP contribution is -2.18. The number of rotatable bonds is 4. The summed E-state index contributed by atoms with van der Waals surface area (Å²) in [5.41, 5.74) is 2.67. The number of benzene rings is 1. The highest BCUT2D eigenvalue weighted by molar-refractivity contribution is 6.18. The van der Waals surface area contributed by atoms with Crippen molar-refractivity contribution in [1.82, 2.24) is 0 Å². The number of fused-ring (bicyclic) bond motifs is 1. The highest BCUT2D eigenvalue weighted by Gasteiger charge is 2.24. The molecule has 0 saturated carbocycles. The molecule has 2 rings (SSSR count). The van der Waals surface area contributed by atoms with Crippen LogP contribution in [0.2, 0.25) is 0 Å². The Morgan fingerprint density at radius 3 is 3.00 bits per heavy atom. The van der Waals surface area contributed by atoms with Crippen LogP contribution in [0, 0.1) is 12.8 Å². The van der Waals surface area contributed by atoms with E-state index in [1.54, 1.807) is 0 Å². The highest BCUT2D eigenvalue weighted by Crippen LogP contribution is 2.32. The Hall–Kier alpha value is -0.690. The van der Waals surface area contributed by atoms with Gasteiger partial charge in [0, 0.05) is 12.3 Å². The fourth-order valence-electron chi connectivity index (χ4n) is 2.29. The molecule has 0 spiro atoms. The first-order valence-corrected chi connectivity index (χ1v) is 6.58. The Balaban J connectivity index is 2.00. The number of halogens is 1. The van der Waals surface area contributed by atoms with Gasteiger partial charge < -0.3 is 4.74 Å². The summed E-state index contributed by atoms with van der Waals surface area (Å²) in [6.45, 7) is 4.32. The van der Waals surface area contributed by atoms with Crippen LogP contribution in [0.1, 0.15) is 30.9 Å². The average molecular weight is 239 g/mol. The zero-order valence-electron chi connectivity index (χ0n) is 10.0. The third-order valence-corrected chi connectivity index (χ3v) is 3.79. The third kappa shape index (κ3) is 2.52. The first-order chi connectivity index (χ1) is 7.72. The predicted octanol–water partition coefficient (Wildman–Crippen LogP) is 3.95. The second-order valence-electron chi connectivity index (χ2n) is 4.72. The molecule has 1 nitrogen and oxygen atoms in total. The molecule has 2 unspecified atom stereocenters. The molecule has 1 heterocycles. The van der Waals surface area contributed by atoms with Crippen LogP contribution in [0.3, 0.4) is 0 Å². The predicted molar refractivity (Wildman–Crippen MR) is 68.4 cm³/mol. The molecule has 0 saturated heterocycles. The molecule has 88 valence electrons. The molecule has 1 aromatic carbocycles. The van der Waals surface area contributed by atoms with Gasteiger partial charge in [-0.3, -0.25) is 0 Å². The summed E-state index contributed by atoms with van der Waals surface area (Å²) in [6, 6.07) is 6.43. The van der Waals surface area contributed by atoms with E-state index in [1.165, 1.54) is 11.1 Å². The molecule has 0 aliphatic carbocycles. The van der Waals surface area contributed by atoms with Gasteiger partial charge in [-0.2, -0.15) is 0 Å². The van der Waals surface area contributed by atoms with Crippen molar-refractivity contribution in [3.05, 3.63) is 29.3 Å². The van der Waals surface area contributed by atoms with E-state index in [-0.39, 0.29) is 0 Å². The lowest BCUT2D eigenvalue weighted by Gasteiger charge is -2.16. The molecular weight excluding hydrogens is 220 g/mol. The molecular formula is C14H19ClO. The first kappa shape index (κ1) is 11.8. The van der Waals surface area contributed by atoms with Crippen LogP contribution in [0.5, 0.6) is 5.75 Å². The number of aryl methyl sites for hydroxylation is 1. The van der Waals surface area contributed by atoms with Gasteiger partial charge in [-0.1, -0.05) is 31.0 Å². The smallest absolute Gasteiger partial charge is 0.123 e. The second-order valence-corrected chi connectivity index (χ2v) is 5.03. The Kier molecular flexibility index (Phi) is 3.75. The summed E-state index contributed by atoms with van der Waals surface area (Å²) in [6.07, 6.45) is 3.59. The molecule has 0 aromatic heterocycles. The summed E-state index contributed by atoms with van der Waals surface area (Å²) in [7, 11) is 0. The van der Waals surface area contributed by atoms with E-state index in [2.05, 4.69) is 32.0 Å². The molecule has 2 atom stereocenters. The second kappa shape index (κ2) is 5.09. The van der Waals surface area contributed by atoms with Crippen LogP contribution in [0.25, 0.3) is 0 Å².